The third-order valence-electron chi connectivity index (χ3n) is 5.62. The average Bonchev–Trinajstić information content (AvgIpc) is 3.21. The van der Waals surface area contributed by atoms with Crippen molar-refractivity contribution in [2.75, 3.05) is 12.3 Å². The Bertz CT molecular complexity index is 851. The van der Waals surface area contributed by atoms with Crippen LogP contribution in [0, 0.1) is 0 Å². The van der Waals surface area contributed by atoms with Gasteiger partial charge in [-0.25, -0.2) is 0 Å². The molecule has 2 aromatic rings. The maximum Gasteiger partial charge on any atom is 0.228 e. The molecule has 7 heteroatoms. The van der Waals surface area contributed by atoms with Crippen LogP contribution in [0.3, 0.4) is 0 Å². The van der Waals surface area contributed by atoms with Gasteiger partial charge in [-0.05, 0) is 24.0 Å². The van der Waals surface area contributed by atoms with Crippen molar-refractivity contribution in [2.45, 2.75) is 71.2 Å². The van der Waals surface area contributed by atoms with Gasteiger partial charge in [-0.2, -0.15) is 22.0 Å². The molecule has 0 aromatic carbocycles. The summed E-state index contributed by atoms with van der Waals surface area (Å²) in [6.07, 6.45) is 1.51. The van der Waals surface area contributed by atoms with Crippen molar-refractivity contribution in [3.63, 3.8) is 0 Å². The first-order valence-corrected chi connectivity index (χ1v) is 11.1. The van der Waals surface area contributed by atoms with Crippen LogP contribution in [0.2, 0.25) is 0 Å². The summed E-state index contributed by atoms with van der Waals surface area (Å²) in [4.78, 5) is 14.6. The number of H-pyrrole nitrogens is 1. The van der Waals surface area contributed by atoms with Crippen LogP contribution < -0.4 is 0 Å². The Morgan fingerprint density at radius 2 is 1.89 bits per heavy atom. The normalized spacial score (nSPS) is 17.0. The van der Waals surface area contributed by atoms with Crippen LogP contribution in [-0.2, 0) is 36.5 Å². The minimum absolute atomic E-state index is 0.183. The van der Waals surface area contributed by atoms with E-state index in [9.17, 15) is 4.79 Å². The molecule has 1 N–H and O–H groups in total. The quantitative estimate of drug-likeness (QED) is 0.855. The molecule has 27 heavy (non-hydrogen) atoms. The van der Waals surface area contributed by atoms with Crippen LogP contribution in [0.15, 0.2) is 0 Å². The standard InChI is InChI=1S/C20H29N5OS/c1-12(2)19-14-10-24(18(26)9-16(14)21-22-19)6-7-25-17-5-8-27-11-15(17)20(23-25)13(3)4/h12-13H,5-11H2,1-4H3,(H,21,22). The molecule has 2 aliphatic heterocycles. The molecule has 0 bridgehead atoms. The van der Waals surface area contributed by atoms with E-state index >= 15 is 0 Å². The molecule has 0 fully saturated rings. The predicted molar refractivity (Wildman–Crippen MR) is 108 cm³/mol. The molecule has 4 heterocycles. The van der Waals surface area contributed by atoms with Gasteiger partial charge in [-0.1, -0.05) is 27.7 Å². The summed E-state index contributed by atoms with van der Waals surface area (Å²) >= 11 is 2.00. The number of nitrogens with one attached hydrogen (secondary N) is 1. The summed E-state index contributed by atoms with van der Waals surface area (Å²) in [6.45, 7) is 10.9. The third-order valence-corrected chi connectivity index (χ3v) is 6.60. The van der Waals surface area contributed by atoms with Crippen molar-refractivity contribution in [3.8, 4) is 0 Å². The van der Waals surface area contributed by atoms with Crippen LogP contribution in [0.5, 0.6) is 0 Å². The summed E-state index contributed by atoms with van der Waals surface area (Å²) < 4.78 is 2.17. The van der Waals surface area contributed by atoms with Gasteiger partial charge in [0.2, 0.25) is 5.91 Å². The zero-order chi connectivity index (χ0) is 19.1. The molecule has 146 valence electrons. The Balaban J connectivity index is 1.52. The minimum Gasteiger partial charge on any atom is -0.336 e. The minimum atomic E-state index is 0.183. The Morgan fingerprint density at radius 3 is 2.63 bits per heavy atom. The molecule has 4 rings (SSSR count). The highest BCUT2D eigenvalue weighted by Crippen LogP contribution is 2.31. The number of thioether (sulfide) groups is 1. The average molecular weight is 388 g/mol. The highest BCUT2D eigenvalue weighted by Gasteiger charge is 2.29. The largest absolute Gasteiger partial charge is 0.336 e. The van der Waals surface area contributed by atoms with Gasteiger partial charge in [0, 0.05) is 41.4 Å². The Labute approximate surface area is 165 Å². The number of hydrogen-bond donors (Lipinski definition) is 1. The van der Waals surface area contributed by atoms with Crippen molar-refractivity contribution in [1.29, 1.82) is 0 Å². The van der Waals surface area contributed by atoms with E-state index in [0.29, 0.717) is 31.3 Å². The van der Waals surface area contributed by atoms with Crippen molar-refractivity contribution in [1.82, 2.24) is 24.9 Å². The first-order chi connectivity index (χ1) is 13.0. The number of rotatable bonds is 5. The number of hydrogen-bond acceptors (Lipinski definition) is 4. The molecule has 0 spiro atoms. The van der Waals surface area contributed by atoms with Crippen LogP contribution in [0.1, 0.15) is 73.4 Å². The van der Waals surface area contributed by atoms with Crippen LogP contribution >= 0.6 is 11.8 Å². The van der Waals surface area contributed by atoms with Gasteiger partial charge in [0.25, 0.3) is 0 Å². The van der Waals surface area contributed by atoms with Crippen molar-refractivity contribution in [2.24, 2.45) is 0 Å². The lowest BCUT2D eigenvalue weighted by Gasteiger charge is -2.28. The molecule has 2 aromatic heterocycles. The number of amides is 1. The fourth-order valence-corrected chi connectivity index (χ4v) is 5.16. The molecule has 0 unspecified atom stereocenters. The van der Waals surface area contributed by atoms with Crippen molar-refractivity contribution >= 4 is 17.7 Å². The van der Waals surface area contributed by atoms with E-state index < -0.39 is 0 Å². The van der Waals surface area contributed by atoms with E-state index in [2.05, 4.69) is 42.6 Å². The summed E-state index contributed by atoms with van der Waals surface area (Å²) in [6, 6.07) is 0. The monoisotopic (exact) mass is 387 g/mol. The van der Waals surface area contributed by atoms with E-state index in [1.165, 1.54) is 22.5 Å². The SMILES string of the molecule is CC(C)c1n[nH]c2c1CN(CCn1nc(C(C)C)c3c1CCSC3)C(=O)C2. The van der Waals surface area contributed by atoms with Crippen LogP contribution in [0.4, 0.5) is 0 Å². The van der Waals surface area contributed by atoms with Crippen molar-refractivity contribution < 1.29 is 4.79 Å². The lowest BCUT2D eigenvalue weighted by molar-refractivity contribution is -0.132. The molecule has 0 atom stereocenters. The van der Waals surface area contributed by atoms with E-state index in [0.717, 1.165) is 35.9 Å². The summed E-state index contributed by atoms with van der Waals surface area (Å²) in [5.74, 6) is 3.22. The van der Waals surface area contributed by atoms with E-state index in [1.807, 2.05) is 16.7 Å². The molecule has 0 radical (unpaired) electrons. The summed E-state index contributed by atoms with van der Waals surface area (Å²) in [5.41, 5.74) is 7.36. The summed E-state index contributed by atoms with van der Waals surface area (Å²) in [5, 5.41) is 12.4. The molecule has 0 aliphatic carbocycles. The molecular weight excluding hydrogens is 358 g/mol. The van der Waals surface area contributed by atoms with Gasteiger partial charge in [-0.15, -0.1) is 0 Å². The van der Waals surface area contributed by atoms with E-state index in [1.54, 1.807) is 0 Å². The Morgan fingerprint density at radius 1 is 1.11 bits per heavy atom. The smallest absolute Gasteiger partial charge is 0.228 e. The van der Waals surface area contributed by atoms with Gasteiger partial charge >= 0.3 is 0 Å². The Hall–Kier alpha value is -1.76. The molecular formula is C20H29N5OS. The zero-order valence-electron chi connectivity index (χ0n) is 16.7. The summed E-state index contributed by atoms with van der Waals surface area (Å²) in [7, 11) is 0. The maximum atomic E-state index is 12.6. The van der Waals surface area contributed by atoms with Crippen LogP contribution in [-0.4, -0.2) is 43.1 Å². The van der Waals surface area contributed by atoms with Crippen LogP contribution in [0.25, 0.3) is 0 Å². The van der Waals surface area contributed by atoms with Gasteiger partial charge in [0.15, 0.2) is 0 Å². The first-order valence-electron chi connectivity index (χ1n) is 9.95. The zero-order valence-corrected chi connectivity index (χ0v) is 17.5. The fraction of sp³-hybridized carbons (Fsp3) is 0.650. The van der Waals surface area contributed by atoms with Gasteiger partial charge in [0.05, 0.1) is 24.4 Å². The van der Waals surface area contributed by atoms with E-state index in [4.69, 9.17) is 5.10 Å². The fourth-order valence-electron chi connectivity index (χ4n) is 4.16. The maximum absolute atomic E-state index is 12.6. The number of carbonyl (C=O) groups excluding carboxylic acids is 1. The molecule has 0 saturated carbocycles. The Kier molecular flexibility index (Phi) is 5.05. The molecule has 1 amide bonds. The topological polar surface area (TPSA) is 66.8 Å². The van der Waals surface area contributed by atoms with Crippen molar-refractivity contribution in [3.05, 3.63) is 33.9 Å². The number of fused-ring (bicyclic) bond motifs is 2. The second kappa shape index (κ2) is 7.34. The first kappa shape index (κ1) is 18.6. The van der Waals surface area contributed by atoms with Gasteiger partial charge in [-0.3, -0.25) is 14.6 Å². The lowest BCUT2D eigenvalue weighted by atomic mass is 9.99. The molecule has 2 aliphatic rings. The number of aromatic amines is 1. The highest BCUT2D eigenvalue weighted by atomic mass is 32.2. The van der Waals surface area contributed by atoms with E-state index in [-0.39, 0.29) is 5.91 Å². The number of aromatic nitrogens is 4. The number of carbonyl (C=O) groups is 1. The second-order valence-electron chi connectivity index (χ2n) is 8.20. The predicted octanol–water partition coefficient (Wildman–Crippen LogP) is 3.23. The lowest BCUT2D eigenvalue weighted by Crippen LogP contribution is -2.38. The molecule has 6 nitrogen and oxygen atoms in total. The number of nitrogens with zero attached hydrogens (tertiary/aromatic N) is 4. The van der Waals surface area contributed by atoms with Gasteiger partial charge in [0.1, 0.15) is 0 Å². The van der Waals surface area contributed by atoms with Gasteiger partial charge < -0.3 is 4.90 Å². The second-order valence-corrected chi connectivity index (χ2v) is 9.31. The highest BCUT2D eigenvalue weighted by molar-refractivity contribution is 7.98. The third kappa shape index (κ3) is 3.42. The molecule has 0 saturated heterocycles.